The van der Waals surface area contributed by atoms with Crippen molar-refractivity contribution in [2.75, 3.05) is 11.9 Å². The maximum Gasteiger partial charge on any atom is 0.225 e. The summed E-state index contributed by atoms with van der Waals surface area (Å²) < 4.78 is 1.86. The molecule has 2 heterocycles. The fourth-order valence-corrected chi connectivity index (χ4v) is 2.18. The minimum atomic E-state index is -0.00447. The maximum absolute atomic E-state index is 12.0. The maximum atomic E-state index is 12.0. The molecule has 0 aliphatic heterocycles. The van der Waals surface area contributed by atoms with Crippen molar-refractivity contribution in [1.29, 1.82) is 0 Å². The molecule has 2 aromatic rings. The summed E-state index contributed by atoms with van der Waals surface area (Å²) in [6.07, 6.45) is 8.19. The third-order valence-electron chi connectivity index (χ3n) is 3.48. The van der Waals surface area contributed by atoms with Crippen molar-refractivity contribution in [3.8, 4) is 5.82 Å². The normalized spacial score (nSPS) is 14.1. The van der Waals surface area contributed by atoms with Crippen molar-refractivity contribution in [3.05, 3.63) is 36.5 Å². The molecule has 1 amide bonds. The second kappa shape index (κ2) is 6.05. The van der Waals surface area contributed by atoms with Crippen molar-refractivity contribution < 1.29 is 4.79 Å². The Labute approximate surface area is 123 Å². The molecule has 0 saturated heterocycles. The quantitative estimate of drug-likeness (QED) is 0.846. The first-order valence-electron chi connectivity index (χ1n) is 7.22. The van der Waals surface area contributed by atoms with Crippen molar-refractivity contribution in [2.45, 2.75) is 32.2 Å². The lowest BCUT2D eigenvalue weighted by atomic mass is 10.3. The number of carbonyl (C=O) groups excluding carboxylic acids is 1. The number of amides is 1. The minimum Gasteiger partial charge on any atom is -0.323 e. The summed E-state index contributed by atoms with van der Waals surface area (Å²) >= 11 is 0. The fourth-order valence-electron chi connectivity index (χ4n) is 2.18. The highest BCUT2D eigenvalue weighted by Crippen LogP contribution is 2.19. The van der Waals surface area contributed by atoms with Gasteiger partial charge in [-0.25, -0.2) is 9.97 Å². The van der Waals surface area contributed by atoms with E-state index in [0.717, 1.165) is 12.4 Å². The Balaban J connectivity index is 1.67. The zero-order chi connectivity index (χ0) is 14.7. The molecule has 2 aromatic heterocycles. The van der Waals surface area contributed by atoms with Gasteiger partial charge in [0.1, 0.15) is 5.82 Å². The van der Waals surface area contributed by atoms with E-state index < -0.39 is 0 Å². The zero-order valence-corrected chi connectivity index (χ0v) is 12.0. The molecule has 0 spiro atoms. The molecular weight excluding hydrogens is 266 g/mol. The van der Waals surface area contributed by atoms with E-state index in [1.54, 1.807) is 12.4 Å². The number of imidazole rings is 1. The van der Waals surface area contributed by atoms with E-state index in [-0.39, 0.29) is 5.91 Å². The number of nitrogens with zero attached hydrogens (tertiary/aromatic N) is 3. The topological polar surface area (TPSA) is 71.8 Å². The first kappa shape index (κ1) is 13.8. The van der Waals surface area contributed by atoms with Gasteiger partial charge in [-0.05, 0) is 31.9 Å². The average molecular weight is 285 g/mol. The highest BCUT2D eigenvalue weighted by atomic mass is 16.1. The number of pyridine rings is 1. The molecule has 0 radical (unpaired) electrons. The highest BCUT2D eigenvalue weighted by molar-refractivity contribution is 5.92. The van der Waals surface area contributed by atoms with Gasteiger partial charge in [0.25, 0.3) is 0 Å². The predicted molar refractivity (Wildman–Crippen MR) is 80.4 cm³/mol. The molecule has 1 fully saturated rings. The number of aryl methyl sites for hydroxylation is 1. The number of aromatic nitrogens is 3. The number of rotatable bonds is 6. The molecule has 0 unspecified atom stereocenters. The molecule has 1 aliphatic carbocycles. The van der Waals surface area contributed by atoms with Crippen LogP contribution in [0.25, 0.3) is 5.82 Å². The largest absolute Gasteiger partial charge is 0.323 e. The summed E-state index contributed by atoms with van der Waals surface area (Å²) in [5.74, 6) is 1.52. The number of nitrogens with one attached hydrogen (secondary N) is 2. The molecule has 0 bridgehead atoms. The van der Waals surface area contributed by atoms with Gasteiger partial charge in [-0.1, -0.05) is 0 Å². The fraction of sp³-hybridized carbons (Fsp3) is 0.400. The van der Waals surface area contributed by atoms with E-state index in [1.807, 2.05) is 29.8 Å². The summed E-state index contributed by atoms with van der Waals surface area (Å²) in [6, 6.07) is 4.29. The van der Waals surface area contributed by atoms with Gasteiger partial charge in [0.15, 0.2) is 5.82 Å². The van der Waals surface area contributed by atoms with Gasteiger partial charge >= 0.3 is 0 Å². The van der Waals surface area contributed by atoms with Crippen LogP contribution < -0.4 is 10.6 Å². The SMILES string of the molecule is Cc1nccn1-c1ncccc1NC(=O)CCNC1CC1. The number of anilines is 1. The minimum absolute atomic E-state index is 0.00447. The monoisotopic (exact) mass is 285 g/mol. The van der Waals surface area contributed by atoms with Gasteiger partial charge in [0, 0.05) is 37.6 Å². The molecule has 21 heavy (non-hydrogen) atoms. The summed E-state index contributed by atoms with van der Waals surface area (Å²) in [5.41, 5.74) is 0.704. The smallest absolute Gasteiger partial charge is 0.225 e. The van der Waals surface area contributed by atoms with Crippen LogP contribution in [-0.4, -0.2) is 33.0 Å². The Morgan fingerprint density at radius 2 is 2.24 bits per heavy atom. The molecule has 0 atom stereocenters. The van der Waals surface area contributed by atoms with Gasteiger partial charge in [-0.3, -0.25) is 9.36 Å². The molecule has 6 nitrogen and oxygen atoms in total. The predicted octanol–water partition coefficient (Wildman–Crippen LogP) is 1.66. The summed E-state index contributed by atoms with van der Waals surface area (Å²) in [6.45, 7) is 2.62. The first-order chi connectivity index (χ1) is 10.2. The summed E-state index contributed by atoms with van der Waals surface area (Å²) in [4.78, 5) is 20.6. The number of carbonyl (C=O) groups is 1. The third kappa shape index (κ3) is 3.46. The van der Waals surface area contributed by atoms with Gasteiger partial charge in [0.2, 0.25) is 5.91 Å². The van der Waals surface area contributed by atoms with Crippen LogP contribution in [0.15, 0.2) is 30.7 Å². The number of hydrogen-bond acceptors (Lipinski definition) is 4. The van der Waals surface area contributed by atoms with E-state index in [4.69, 9.17) is 0 Å². The molecule has 0 aromatic carbocycles. The van der Waals surface area contributed by atoms with Gasteiger partial charge < -0.3 is 10.6 Å². The molecule has 6 heteroatoms. The van der Waals surface area contributed by atoms with E-state index in [1.165, 1.54) is 12.8 Å². The molecule has 1 aliphatic rings. The second-order valence-electron chi connectivity index (χ2n) is 5.25. The Morgan fingerprint density at radius 3 is 2.95 bits per heavy atom. The summed E-state index contributed by atoms with van der Waals surface area (Å²) in [7, 11) is 0. The van der Waals surface area contributed by atoms with Gasteiger partial charge in [-0.15, -0.1) is 0 Å². The van der Waals surface area contributed by atoms with E-state index in [0.29, 0.717) is 24.0 Å². The van der Waals surface area contributed by atoms with E-state index in [9.17, 15) is 4.79 Å². The molecule has 2 N–H and O–H groups in total. The second-order valence-corrected chi connectivity index (χ2v) is 5.25. The van der Waals surface area contributed by atoms with Crippen LogP contribution in [0, 0.1) is 6.92 Å². The van der Waals surface area contributed by atoms with Crippen molar-refractivity contribution in [2.24, 2.45) is 0 Å². The van der Waals surface area contributed by atoms with E-state index in [2.05, 4.69) is 20.6 Å². The van der Waals surface area contributed by atoms with Gasteiger partial charge in [-0.2, -0.15) is 0 Å². The van der Waals surface area contributed by atoms with Crippen LogP contribution in [0.4, 0.5) is 5.69 Å². The first-order valence-corrected chi connectivity index (χ1v) is 7.22. The average Bonchev–Trinajstić information content (AvgIpc) is 3.20. The van der Waals surface area contributed by atoms with Gasteiger partial charge in [0.05, 0.1) is 5.69 Å². The Kier molecular flexibility index (Phi) is 3.96. The van der Waals surface area contributed by atoms with Crippen LogP contribution in [0.5, 0.6) is 0 Å². The van der Waals surface area contributed by atoms with Crippen LogP contribution in [0.2, 0.25) is 0 Å². The van der Waals surface area contributed by atoms with Crippen molar-refractivity contribution in [3.63, 3.8) is 0 Å². The van der Waals surface area contributed by atoms with Crippen LogP contribution >= 0.6 is 0 Å². The van der Waals surface area contributed by atoms with Crippen molar-refractivity contribution in [1.82, 2.24) is 19.9 Å². The van der Waals surface area contributed by atoms with Crippen molar-refractivity contribution >= 4 is 11.6 Å². The summed E-state index contributed by atoms with van der Waals surface area (Å²) in [5, 5.41) is 6.26. The lowest BCUT2D eigenvalue weighted by molar-refractivity contribution is -0.116. The van der Waals surface area contributed by atoms with Crippen LogP contribution in [0.3, 0.4) is 0 Å². The molecule has 3 rings (SSSR count). The molecule has 1 saturated carbocycles. The number of hydrogen-bond donors (Lipinski definition) is 2. The molecule has 110 valence electrons. The van der Waals surface area contributed by atoms with Crippen LogP contribution in [-0.2, 0) is 4.79 Å². The third-order valence-corrected chi connectivity index (χ3v) is 3.48. The lowest BCUT2D eigenvalue weighted by Crippen LogP contribution is -2.23. The Morgan fingerprint density at radius 1 is 1.38 bits per heavy atom. The Hall–Kier alpha value is -2.21. The van der Waals surface area contributed by atoms with E-state index >= 15 is 0 Å². The Bertz CT molecular complexity index is 632. The van der Waals surface area contributed by atoms with Crippen LogP contribution in [0.1, 0.15) is 25.1 Å². The lowest BCUT2D eigenvalue weighted by Gasteiger charge is -2.11. The zero-order valence-electron chi connectivity index (χ0n) is 12.0. The molecular formula is C15H19N5O. The standard InChI is InChI=1S/C15H19N5O/c1-11-16-9-10-20(11)15-13(3-2-7-18-15)19-14(21)6-8-17-12-4-5-12/h2-3,7,9-10,12,17H,4-6,8H2,1H3,(H,19,21). The highest BCUT2D eigenvalue weighted by Gasteiger charge is 2.20.